The molecule has 45 heavy (non-hydrogen) atoms. The number of nitrogens with two attached hydrogens (primary N) is 2. The summed E-state index contributed by atoms with van der Waals surface area (Å²) in [4.78, 5) is 17.6. The summed E-state index contributed by atoms with van der Waals surface area (Å²) in [5, 5.41) is 8.37. The fourth-order valence-electron chi connectivity index (χ4n) is 5.55. The molecule has 0 saturated carbocycles. The molecule has 0 spiro atoms. The predicted octanol–water partition coefficient (Wildman–Crippen LogP) is 4.45. The average Bonchev–Trinajstić information content (AvgIpc) is 3.31. The molecule has 2 aliphatic rings. The van der Waals surface area contributed by atoms with Gasteiger partial charge in [-0.15, -0.1) is 0 Å². The molecule has 13 heteroatoms. The van der Waals surface area contributed by atoms with E-state index in [1.54, 1.807) is 35.3 Å². The number of hydrazine groups is 1. The van der Waals surface area contributed by atoms with Crippen LogP contribution in [0.2, 0.25) is 0 Å². The number of nitrogens with zero attached hydrogens (tertiary/aromatic N) is 5. The first-order valence-electron chi connectivity index (χ1n) is 14.8. The lowest BCUT2D eigenvalue weighted by atomic mass is 9.99. The molecule has 0 radical (unpaired) electrons. The van der Waals surface area contributed by atoms with Crippen LogP contribution in [0.1, 0.15) is 52.9 Å². The van der Waals surface area contributed by atoms with Crippen LogP contribution in [0.3, 0.4) is 0 Å². The van der Waals surface area contributed by atoms with E-state index in [0.29, 0.717) is 47.7 Å². The van der Waals surface area contributed by atoms with Crippen molar-refractivity contribution in [1.29, 1.82) is 0 Å². The van der Waals surface area contributed by atoms with Gasteiger partial charge in [0.2, 0.25) is 0 Å². The van der Waals surface area contributed by atoms with Crippen molar-refractivity contribution >= 4 is 17.3 Å². The van der Waals surface area contributed by atoms with Crippen molar-refractivity contribution in [2.75, 3.05) is 39.3 Å². The van der Waals surface area contributed by atoms with E-state index in [1.807, 2.05) is 39.9 Å². The molecule has 5 N–H and O–H groups in total. The first-order valence-corrected chi connectivity index (χ1v) is 14.8. The van der Waals surface area contributed by atoms with Crippen LogP contribution in [-0.4, -0.2) is 72.0 Å². The number of allylic oxidation sites excluding steroid dienone is 3. The number of carbonyl (C=O) groups excluding carboxylic acids is 1. The summed E-state index contributed by atoms with van der Waals surface area (Å²) in [5.74, 6) is 6.22. The number of aryl methyl sites for hydroxylation is 2. The molecule has 10 nitrogen and oxygen atoms in total. The van der Waals surface area contributed by atoms with Crippen LogP contribution in [0.15, 0.2) is 65.5 Å². The Bertz CT molecular complexity index is 1530. The largest absolute Gasteiger partial charge is 0.499 e. The van der Waals surface area contributed by atoms with E-state index in [9.17, 15) is 18.0 Å². The van der Waals surface area contributed by atoms with Crippen molar-refractivity contribution in [2.45, 2.75) is 51.7 Å². The van der Waals surface area contributed by atoms with Crippen LogP contribution in [0, 0.1) is 13.8 Å². The minimum Gasteiger partial charge on any atom is -0.499 e. The molecule has 0 bridgehead atoms. The van der Waals surface area contributed by atoms with Crippen LogP contribution in [-0.2, 0) is 11.8 Å². The molecule has 244 valence electrons. The summed E-state index contributed by atoms with van der Waals surface area (Å²) >= 11 is 0. The molecule has 2 aromatic rings. The number of nitrogens with one attached hydrogen (secondary N) is 1. The molecule has 1 aliphatic heterocycles. The number of benzene rings is 1. The van der Waals surface area contributed by atoms with Crippen LogP contribution in [0.5, 0.6) is 0 Å². The third-order valence-electron chi connectivity index (χ3n) is 8.51. The first-order chi connectivity index (χ1) is 21.2. The highest BCUT2D eigenvalue weighted by Gasteiger charge is 2.35. The van der Waals surface area contributed by atoms with Crippen molar-refractivity contribution in [3.05, 3.63) is 87.9 Å². The summed E-state index contributed by atoms with van der Waals surface area (Å²) in [6.07, 6.45) is 2.61. The Balaban J connectivity index is 1.59. The number of likely N-dealkylation sites (tertiary alicyclic amines) is 1. The average molecular weight is 629 g/mol. The number of alkyl halides is 3. The number of piperidine rings is 1. The van der Waals surface area contributed by atoms with Gasteiger partial charge in [-0.05, 0) is 71.0 Å². The van der Waals surface area contributed by atoms with Gasteiger partial charge in [0.15, 0.2) is 0 Å². The number of hydrogen-bond donors (Lipinski definition) is 3. The fourth-order valence-corrected chi connectivity index (χ4v) is 5.55. The number of anilines is 1. The van der Waals surface area contributed by atoms with E-state index in [2.05, 4.69) is 15.3 Å². The SMILES string of the molecule is CO/C1=C(N2CCC(N(C)C)CC2)/C=C(/C(F)(F)F)C/C=C(/NC(=O)c2ccc(C)c(N(N)/C=C(\N)c3cnn(C)c3C)c2)C1. The smallest absolute Gasteiger partial charge is 0.413 e. The molecule has 1 aromatic carbocycles. The van der Waals surface area contributed by atoms with Crippen molar-refractivity contribution in [2.24, 2.45) is 18.6 Å². The van der Waals surface area contributed by atoms with E-state index in [1.165, 1.54) is 24.3 Å². The van der Waals surface area contributed by atoms with Crippen LogP contribution < -0.4 is 21.9 Å². The Labute approximate surface area is 262 Å². The maximum absolute atomic E-state index is 14.1. The molecule has 4 rings (SSSR count). The van der Waals surface area contributed by atoms with Gasteiger partial charge < -0.3 is 25.6 Å². The van der Waals surface area contributed by atoms with Gasteiger partial charge in [-0.3, -0.25) is 14.5 Å². The molecule has 1 fully saturated rings. The van der Waals surface area contributed by atoms with Crippen molar-refractivity contribution in [3.8, 4) is 0 Å². The molecular formula is C32H43F3N8O2. The second-order valence-corrected chi connectivity index (χ2v) is 11.7. The van der Waals surface area contributed by atoms with E-state index < -0.39 is 17.7 Å². The lowest BCUT2D eigenvalue weighted by Crippen LogP contribution is -2.42. The van der Waals surface area contributed by atoms with Gasteiger partial charge in [0, 0.05) is 66.9 Å². The second kappa shape index (κ2) is 13.8. The zero-order valence-corrected chi connectivity index (χ0v) is 26.7. The zero-order valence-electron chi connectivity index (χ0n) is 26.7. The number of aromatic nitrogens is 2. The molecule has 1 amide bonds. The fraction of sp³-hybridized carbons (Fsp3) is 0.438. The maximum atomic E-state index is 14.1. The number of halogens is 3. The Morgan fingerprint density at radius 1 is 1.20 bits per heavy atom. The highest BCUT2D eigenvalue weighted by atomic mass is 19.4. The Morgan fingerprint density at radius 2 is 1.89 bits per heavy atom. The normalized spacial score (nSPS) is 21.0. The van der Waals surface area contributed by atoms with Crippen LogP contribution >= 0.6 is 0 Å². The number of carbonyl (C=O) groups is 1. The van der Waals surface area contributed by atoms with Crippen molar-refractivity contribution < 1.29 is 22.7 Å². The molecule has 1 saturated heterocycles. The van der Waals surface area contributed by atoms with Crippen LogP contribution in [0.4, 0.5) is 18.9 Å². The monoisotopic (exact) mass is 628 g/mol. The standard InChI is InChI=1S/C32H43F3N8O2/c1-20-7-8-22(15-28(20)43(37)19-27(36)26-18-38-41(5)21(26)2)31(44)39-24-10-9-23(32(33,34)35)16-29(30(17-24)45-6)42-13-11-25(12-14-42)40(3)4/h7-8,10,15-16,18-19,25H,9,11-14,17,36-37H2,1-6H3,(H,39,44)/b23-16+,24-10+,27-19-,30-29-. The minimum atomic E-state index is -4.55. The number of rotatable bonds is 8. The highest BCUT2D eigenvalue weighted by molar-refractivity contribution is 5.96. The van der Waals surface area contributed by atoms with E-state index in [4.69, 9.17) is 16.3 Å². The minimum absolute atomic E-state index is 0.123. The summed E-state index contributed by atoms with van der Waals surface area (Å²) in [6, 6.07) is 5.36. The van der Waals surface area contributed by atoms with Crippen molar-refractivity contribution in [3.63, 3.8) is 0 Å². The number of amides is 1. The first kappa shape index (κ1) is 33.7. The summed E-state index contributed by atoms with van der Waals surface area (Å²) in [7, 11) is 7.27. The Kier molecular flexibility index (Phi) is 10.3. The zero-order chi connectivity index (χ0) is 33.1. The number of hydrogen-bond acceptors (Lipinski definition) is 8. The van der Waals surface area contributed by atoms with Gasteiger partial charge in [-0.25, -0.2) is 5.84 Å². The summed E-state index contributed by atoms with van der Waals surface area (Å²) in [5.41, 5.74) is 9.88. The van der Waals surface area contributed by atoms with Gasteiger partial charge in [0.05, 0.1) is 30.4 Å². The van der Waals surface area contributed by atoms with E-state index >= 15 is 0 Å². The molecule has 0 unspecified atom stereocenters. The highest BCUT2D eigenvalue weighted by Crippen LogP contribution is 2.35. The Hall–Kier alpha value is -4.23. The molecule has 0 atom stereocenters. The molecule has 2 heterocycles. The quantitative estimate of drug-likeness (QED) is 0.290. The van der Waals surface area contributed by atoms with Gasteiger partial charge in [0.25, 0.3) is 5.91 Å². The molecule has 1 aliphatic carbocycles. The third-order valence-corrected chi connectivity index (χ3v) is 8.51. The lowest BCUT2D eigenvalue weighted by molar-refractivity contribution is -0.0931. The second-order valence-electron chi connectivity index (χ2n) is 11.7. The predicted molar refractivity (Wildman–Crippen MR) is 169 cm³/mol. The topological polar surface area (TPSA) is 118 Å². The Morgan fingerprint density at radius 3 is 2.47 bits per heavy atom. The van der Waals surface area contributed by atoms with E-state index in [-0.39, 0.29) is 18.4 Å². The summed E-state index contributed by atoms with van der Waals surface area (Å²) < 4.78 is 49.7. The number of methoxy groups -OCH3 is 1. The number of ether oxygens (including phenoxy) is 1. The van der Waals surface area contributed by atoms with Gasteiger partial charge in [0.1, 0.15) is 5.76 Å². The lowest BCUT2D eigenvalue weighted by Gasteiger charge is -2.38. The van der Waals surface area contributed by atoms with Gasteiger partial charge in [-0.2, -0.15) is 18.3 Å². The van der Waals surface area contributed by atoms with E-state index in [0.717, 1.165) is 29.7 Å². The maximum Gasteiger partial charge on any atom is 0.413 e. The summed E-state index contributed by atoms with van der Waals surface area (Å²) in [6.45, 7) is 4.92. The molecular weight excluding hydrogens is 585 g/mol. The van der Waals surface area contributed by atoms with Crippen molar-refractivity contribution in [1.82, 2.24) is 24.9 Å². The van der Waals surface area contributed by atoms with Gasteiger partial charge >= 0.3 is 6.18 Å². The van der Waals surface area contributed by atoms with Crippen LogP contribution in [0.25, 0.3) is 5.70 Å². The van der Waals surface area contributed by atoms with Gasteiger partial charge in [-0.1, -0.05) is 12.1 Å². The molecule has 1 aromatic heterocycles. The third kappa shape index (κ3) is 7.90.